The van der Waals surface area contributed by atoms with E-state index >= 15 is 0 Å². The maximum absolute atomic E-state index is 12.0. The highest BCUT2D eigenvalue weighted by atomic mass is 35.5. The average molecular weight is 278 g/mol. The van der Waals surface area contributed by atoms with E-state index in [2.05, 4.69) is 10.4 Å². The molecule has 0 aliphatic heterocycles. The molecule has 0 aliphatic rings. The third kappa shape index (κ3) is 3.35. The molecule has 2 aromatic rings. The minimum atomic E-state index is -0.121. The van der Waals surface area contributed by atoms with Crippen LogP contribution in [0.4, 0.5) is 0 Å². The fraction of sp³-hybridized carbons (Fsp3) is 0.286. The van der Waals surface area contributed by atoms with Gasteiger partial charge in [-0.05, 0) is 24.1 Å². The van der Waals surface area contributed by atoms with Gasteiger partial charge in [0.15, 0.2) is 0 Å². The molecule has 0 spiro atoms. The van der Waals surface area contributed by atoms with Crippen molar-refractivity contribution in [2.75, 3.05) is 0 Å². The Morgan fingerprint density at radius 2 is 1.95 bits per heavy atom. The van der Waals surface area contributed by atoms with Crippen molar-refractivity contribution in [2.24, 2.45) is 7.05 Å². The zero-order valence-electron chi connectivity index (χ0n) is 11.0. The molecular formula is C14H16ClN3O. The van der Waals surface area contributed by atoms with E-state index in [0.29, 0.717) is 18.1 Å². The molecule has 0 aliphatic carbocycles. The molecular weight excluding hydrogens is 262 g/mol. The Kier molecular flexibility index (Phi) is 4.22. The quantitative estimate of drug-likeness (QED) is 0.873. The molecule has 2 rings (SSSR count). The Balaban J connectivity index is 1.98. The molecule has 0 unspecified atom stereocenters. The fourth-order valence-corrected chi connectivity index (χ4v) is 2.02. The van der Waals surface area contributed by atoms with Crippen molar-refractivity contribution < 1.29 is 4.79 Å². The summed E-state index contributed by atoms with van der Waals surface area (Å²) in [7, 11) is 1.76. The van der Waals surface area contributed by atoms with Crippen LogP contribution in [0.1, 0.15) is 27.3 Å². The highest BCUT2D eigenvalue weighted by Crippen LogP contribution is 2.07. The van der Waals surface area contributed by atoms with Gasteiger partial charge in [-0.2, -0.15) is 5.10 Å². The lowest BCUT2D eigenvalue weighted by atomic mass is 10.1. The number of aryl methyl sites for hydroxylation is 2. The molecule has 5 heteroatoms. The Bertz CT molecular complexity index is 575. The molecule has 1 aromatic heterocycles. The van der Waals surface area contributed by atoms with Gasteiger partial charge in [0.2, 0.25) is 0 Å². The van der Waals surface area contributed by atoms with E-state index in [1.54, 1.807) is 17.8 Å². The van der Waals surface area contributed by atoms with Crippen LogP contribution in [0.3, 0.4) is 0 Å². The van der Waals surface area contributed by atoms with Gasteiger partial charge in [0.25, 0.3) is 5.91 Å². The van der Waals surface area contributed by atoms with Gasteiger partial charge in [-0.3, -0.25) is 9.48 Å². The number of hydrogen-bond acceptors (Lipinski definition) is 2. The Morgan fingerprint density at radius 3 is 2.47 bits per heavy atom. The highest BCUT2D eigenvalue weighted by molar-refractivity contribution is 6.17. The fourth-order valence-electron chi connectivity index (χ4n) is 1.84. The van der Waals surface area contributed by atoms with Crippen LogP contribution < -0.4 is 5.32 Å². The van der Waals surface area contributed by atoms with E-state index in [1.165, 1.54) is 0 Å². The third-order valence-corrected chi connectivity index (χ3v) is 3.17. The van der Waals surface area contributed by atoms with Gasteiger partial charge >= 0.3 is 0 Å². The number of nitrogens with zero attached hydrogens (tertiary/aromatic N) is 2. The van der Waals surface area contributed by atoms with E-state index in [0.717, 1.165) is 16.8 Å². The van der Waals surface area contributed by atoms with Gasteiger partial charge in [-0.25, -0.2) is 0 Å². The van der Waals surface area contributed by atoms with Crippen LogP contribution >= 0.6 is 11.6 Å². The number of aromatic nitrogens is 2. The topological polar surface area (TPSA) is 46.9 Å². The first kappa shape index (κ1) is 13.6. The molecule has 1 heterocycles. The van der Waals surface area contributed by atoms with Gasteiger partial charge in [0.05, 0.1) is 5.69 Å². The van der Waals surface area contributed by atoms with E-state index in [-0.39, 0.29) is 5.91 Å². The number of nitrogens with one attached hydrogen (secondary N) is 1. The van der Waals surface area contributed by atoms with Crippen molar-refractivity contribution in [1.82, 2.24) is 15.1 Å². The molecule has 0 atom stereocenters. The largest absolute Gasteiger partial charge is 0.347 e. The lowest BCUT2D eigenvalue weighted by Crippen LogP contribution is -2.25. The molecule has 1 N–H and O–H groups in total. The summed E-state index contributed by atoms with van der Waals surface area (Å²) in [6.07, 6.45) is 0. The summed E-state index contributed by atoms with van der Waals surface area (Å²) in [5.74, 6) is 0.380. The molecule has 0 saturated heterocycles. The van der Waals surface area contributed by atoms with Crippen molar-refractivity contribution in [3.63, 3.8) is 0 Å². The summed E-state index contributed by atoms with van der Waals surface area (Å²) in [5, 5.41) is 7.03. The van der Waals surface area contributed by atoms with Crippen molar-refractivity contribution in [3.05, 3.63) is 52.8 Å². The molecule has 0 bridgehead atoms. The predicted octanol–water partition coefficient (Wildman–Crippen LogP) is 2.40. The first-order chi connectivity index (χ1) is 9.10. The van der Waals surface area contributed by atoms with Crippen molar-refractivity contribution in [2.45, 2.75) is 19.3 Å². The van der Waals surface area contributed by atoms with Crippen LogP contribution in [0.5, 0.6) is 0 Å². The van der Waals surface area contributed by atoms with E-state index in [9.17, 15) is 4.79 Å². The third-order valence-electron chi connectivity index (χ3n) is 2.86. The molecule has 1 aromatic carbocycles. The van der Waals surface area contributed by atoms with Crippen LogP contribution in [0.15, 0.2) is 30.3 Å². The zero-order valence-corrected chi connectivity index (χ0v) is 11.7. The lowest BCUT2D eigenvalue weighted by Gasteiger charge is -2.06. The molecule has 0 radical (unpaired) electrons. The van der Waals surface area contributed by atoms with E-state index < -0.39 is 0 Å². The van der Waals surface area contributed by atoms with Crippen LogP contribution in [0, 0.1) is 6.92 Å². The Morgan fingerprint density at radius 1 is 1.32 bits per heavy atom. The minimum Gasteiger partial charge on any atom is -0.347 e. The van der Waals surface area contributed by atoms with E-state index in [4.69, 9.17) is 11.6 Å². The predicted molar refractivity (Wildman–Crippen MR) is 75.1 cm³/mol. The standard InChI is InChI=1S/C14H16ClN3O/c1-10-7-13(18(2)17-10)14(19)16-9-12-5-3-11(8-15)4-6-12/h3-7H,8-9H2,1-2H3,(H,16,19). The minimum absolute atomic E-state index is 0.121. The second-order valence-corrected chi connectivity index (χ2v) is 4.69. The number of rotatable bonds is 4. The maximum atomic E-state index is 12.0. The second-order valence-electron chi connectivity index (χ2n) is 4.43. The summed E-state index contributed by atoms with van der Waals surface area (Å²) < 4.78 is 1.58. The van der Waals surface area contributed by atoms with Crippen molar-refractivity contribution in [1.29, 1.82) is 0 Å². The van der Waals surface area contributed by atoms with Gasteiger partial charge in [0.1, 0.15) is 5.69 Å². The summed E-state index contributed by atoms with van der Waals surface area (Å²) in [6, 6.07) is 9.62. The first-order valence-corrected chi connectivity index (χ1v) is 6.56. The molecule has 4 nitrogen and oxygen atoms in total. The normalized spacial score (nSPS) is 10.5. The van der Waals surface area contributed by atoms with Gasteiger partial charge in [0, 0.05) is 19.5 Å². The first-order valence-electron chi connectivity index (χ1n) is 6.03. The summed E-state index contributed by atoms with van der Waals surface area (Å²) >= 11 is 5.73. The molecule has 1 amide bonds. The van der Waals surface area contributed by atoms with Crippen molar-refractivity contribution in [3.8, 4) is 0 Å². The zero-order chi connectivity index (χ0) is 13.8. The average Bonchev–Trinajstić information content (AvgIpc) is 2.75. The van der Waals surface area contributed by atoms with Crippen LogP contribution in [0.25, 0.3) is 0 Å². The van der Waals surface area contributed by atoms with Gasteiger partial charge in [-0.15, -0.1) is 11.6 Å². The number of carbonyl (C=O) groups excluding carboxylic acids is 1. The number of benzene rings is 1. The summed E-state index contributed by atoms with van der Waals surface area (Å²) in [4.78, 5) is 12.0. The SMILES string of the molecule is Cc1cc(C(=O)NCc2ccc(CCl)cc2)n(C)n1. The summed E-state index contributed by atoms with van der Waals surface area (Å²) in [5.41, 5.74) is 3.51. The van der Waals surface area contributed by atoms with Crippen molar-refractivity contribution >= 4 is 17.5 Å². The van der Waals surface area contributed by atoms with Crippen LogP contribution in [-0.2, 0) is 19.5 Å². The Hall–Kier alpha value is -1.81. The smallest absolute Gasteiger partial charge is 0.269 e. The number of alkyl halides is 1. The molecule has 0 fully saturated rings. The van der Waals surface area contributed by atoms with Gasteiger partial charge in [-0.1, -0.05) is 24.3 Å². The second kappa shape index (κ2) is 5.89. The number of amides is 1. The number of hydrogen-bond donors (Lipinski definition) is 1. The van der Waals surface area contributed by atoms with Crippen LogP contribution in [-0.4, -0.2) is 15.7 Å². The lowest BCUT2D eigenvalue weighted by molar-refractivity contribution is 0.0941. The monoisotopic (exact) mass is 277 g/mol. The molecule has 100 valence electrons. The summed E-state index contributed by atoms with van der Waals surface area (Å²) in [6.45, 7) is 2.35. The molecule has 19 heavy (non-hydrogen) atoms. The number of carbonyl (C=O) groups is 1. The molecule has 0 saturated carbocycles. The van der Waals surface area contributed by atoms with Gasteiger partial charge < -0.3 is 5.32 Å². The van der Waals surface area contributed by atoms with E-state index in [1.807, 2.05) is 31.2 Å². The Labute approximate surface area is 117 Å². The van der Waals surface area contributed by atoms with Crippen LogP contribution in [0.2, 0.25) is 0 Å². The highest BCUT2D eigenvalue weighted by Gasteiger charge is 2.10. The maximum Gasteiger partial charge on any atom is 0.269 e. The number of halogens is 1.